The number of carboxylic acid groups (broad SMARTS) is 1. The molecular formula is C10H11NO3. The largest absolute Gasteiger partial charge is 0.477 e. The number of carbonyl (C=O) groups excluding carboxylic acids is 1. The highest BCUT2D eigenvalue weighted by Crippen LogP contribution is 2.05. The second-order valence-corrected chi connectivity index (χ2v) is 2.91. The first-order valence-electron chi connectivity index (χ1n) is 4.36. The molecule has 0 atom stereocenters. The van der Waals surface area contributed by atoms with Crippen molar-refractivity contribution in [2.45, 2.75) is 19.3 Å². The van der Waals surface area contributed by atoms with Crippen LogP contribution in [0.5, 0.6) is 0 Å². The molecule has 1 N–H and O–H groups in total. The summed E-state index contributed by atoms with van der Waals surface area (Å²) in [4.78, 5) is 24.3. The van der Waals surface area contributed by atoms with Crippen LogP contribution in [-0.4, -0.2) is 22.3 Å². The highest BCUT2D eigenvalue weighted by Gasteiger charge is 2.04. The molecule has 14 heavy (non-hydrogen) atoms. The average Bonchev–Trinajstić information content (AvgIpc) is 2.19. The molecular weight excluding hydrogens is 182 g/mol. The van der Waals surface area contributed by atoms with E-state index in [9.17, 15) is 9.59 Å². The maximum absolute atomic E-state index is 10.6. The normalized spacial score (nSPS) is 9.71. The highest BCUT2D eigenvalue weighted by molar-refractivity contribution is 5.85. The van der Waals surface area contributed by atoms with Gasteiger partial charge in [-0.3, -0.25) is 0 Å². The van der Waals surface area contributed by atoms with Crippen molar-refractivity contribution in [2.24, 2.45) is 0 Å². The fraction of sp³-hybridized carbons (Fsp3) is 0.300. The van der Waals surface area contributed by atoms with E-state index >= 15 is 0 Å². The number of pyridine rings is 1. The molecule has 0 amide bonds. The van der Waals surface area contributed by atoms with Crippen LogP contribution in [0.1, 0.15) is 28.9 Å². The lowest BCUT2D eigenvalue weighted by atomic mass is 10.1. The molecule has 0 aliphatic carbocycles. The Morgan fingerprint density at radius 1 is 1.57 bits per heavy atom. The van der Waals surface area contributed by atoms with Crippen molar-refractivity contribution in [1.82, 2.24) is 4.98 Å². The first kappa shape index (κ1) is 10.4. The molecule has 1 rings (SSSR count). The molecule has 0 fully saturated rings. The van der Waals surface area contributed by atoms with Crippen LogP contribution >= 0.6 is 0 Å². The van der Waals surface area contributed by atoms with Gasteiger partial charge in [0.05, 0.1) is 0 Å². The quantitative estimate of drug-likeness (QED) is 0.565. The number of hydrogen-bond acceptors (Lipinski definition) is 3. The van der Waals surface area contributed by atoms with Crippen LogP contribution in [0.25, 0.3) is 0 Å². The van der Waals surface area contributed by atoms with Crippen LogP contribution in [0.4, 0.5) is 0 Å². The molecule has 1 heterocycles. The first-order valence-corrected chi connectivity index (χ1v) is 4.36. The second-order valence-electron chi connectivity index (χ2n) is 2.91. The van der Waals surface area contributed by atoms with Crippen LogP contribution in [0.15, 0.2) is 18.3 Å². The SMILES string of the molecule is O=CCCCc1ccnc(C(=O)O)c1. The van der Waals surface area contributed by atoms with Gasteiger partial charge in [-0.05, 0) is 30.5 Å². The molecule has 0 radical (unpaired) electrons. The van der Waals surface area contributed by atoms with Crippen LogP contribution in [0.3, 0.4) is 0 Å². The number of carbonyl (C=O) groups is 2. The third kappa shape index (κ3) is 2.97. The summed E-state index contributed by atoms with van der Waals surface area (Å²) in [6, 6.07) is 3.30. The van der Waals surface area contributed by atoms with Crippen molar-refractivity contribution in [2.75, 3.05) is 0 Å². The van der Waals surface area contributed by atoms with Gasteiger partial charge in [-0.25, -0.2) is 9.78 Å². The van der Waals surface area contributed by atoms with E-state index in [0.717, 1.165) is 18.3 Å². The monoisotopic (exact) mass is 193 g/mol. The van der Waals surface area contributed by atoms with E-state index in [-0.39, 0.29) is 5.69 Å². The topological polar surface area (TPSA) is 67.3 Å². The van der Waals surface area contributed by atoms with Gasteiger partial charge in [0.1, 0.15) is 12.0 Å². The summed E-state index contributed by atoms with van der Waals surface area (Å²) in [6.45, 7) is 0. The summed E-state index contributed by atoms with van der Waals surface area (Å²) in [5.41, 5.74) is 0.952. The third-order valence-electron chi connectivity index (χ3n) is 1.83. The molecule has 74 valence electrons. The lowest BCUT2D eigenvalue weighted by Crippen LogP contribution is -2.00. The number of aromatic nitrogens is 1. The van der Waals surface area contributed by atoms with E-state index in [0.29, 0.717) is 12.8 Å². The zero-order valence-corrected chi connectivity index (χ0v) is 7.64. The van der Waals surface area contributed by atoms with Crippen molar-refractivity contribution in [3.8, 4) is 0 Å². The van der Waals surface area contributed by atoms with Crippen LogP contribution in [0, 0.1) is 0 Å². The fourth-order valence-corrected chi connectivity index (χ4v) is 1.14. The number of aldehydes is 1. The van der Waals surface area contributed by atoms with E-state index in [1.807, 2.05) is 0 Å². The molecule has 0 unspecified atom stereocenters. The third-order valence-corrected chi connectivity index (χ3v) is 1.83. The minimum absolute atomic E-state index is 0.0496. The van der Waals surface area contributed by atoms with E-state index in [4.69, 9.17) is 5.11 Å². The van der Waals surface area contributed by atoms with Crippen LogP contribution < -0.4 is 0 Å². The van der Waals surface area contributed by atoms with Crippen LogP contribution in [-0.2, 0) is 11.2 Å². The predicted octanol–water partition coefficient (Wildman–Crippen LogP) is 1.30. The van der Waals surface area contributed by atoms with Crippen molar-refractivity contribution in [3.63, 3.8) is 0 Å². The van der Waals surface area contributed by atoms with Crippen molar-refractivity contribution < 1.29 is 14.7 Å². The fourth-order valence-electron chi connectivity index (χ4n) is 1.14. The lowest BCUT2D eigenvalue weighted by Gasteiger charge is -1.99. The summed E-state index contributed by atoms with van der Waals surface area (Å²) >= 11 is 0. The second kappa shape index (κ2) is 5.11. The number of nitrogens with zero attached hydrogens (tertiary/aromatic N) is 1. The molecule has 0 aliphatic rings. The minimum atomic E-state index is -1.03. The molecule has 1 aromatic rings. The predicted molar refractivity (Wildman–Crippen MR) is 50.2 cm³/mol. The first-order chi connectivity index (χ1) is 6.74. The summed E-state index contributed by atoms with van der Waals surface area (Å²) in [5.74, 6) is -1.03. The summed E-state index contributed by atoms with van der Waals surface area (Å²) in [7, 11) is 0. The van der Waals surface area contributed by atoms with E-state index in [1.165, 1.54) is 12.3 Å². The molecule has 0 bridgehead atoms. The molecule has 0 aliphatic heterocycles. The summed E-state index contributed by atoms with van der Waals surface area (Å²) in [5, 5.41) is 8.66. The van der Waals surface area contributed by atoms with Gasteiger partial charge in [0, 0.05) is 12.6 Å². The zero-order valence-electron chi connectivity index (χ0n) is 7.64. The number of aryl methyl sites for hydroxylation is 1. The Kier molecular flexibility index (Phi) is 3.79. The van der Waals surface area contributed by atoms with E-state index in [2.05, 4.69) is 4.98 Å². The van der Waals surface area contributed by atoms with Gasteiger partial charge in [0.15, 0.2) is 0 Å². The Morgan fingerprint density at radius 3 is 3.00 bits per heavy atom. The zero-order chi connectivity index (χ0) is 10.4. The Morgan fingerprint density at radius 2 is 2.36 bits per heavy atom. The number of hydrogen-bond donors (Lipinski definition) is 1. The highest BCUT2D eigenvalue weighted by atomic mass is 16.4. The Hall–Kier alpha value is -1.71. The lowest BCUT2D eigenvalue weighted by molar-refractivity contribution is -0.107. The van der Waals surface area contributed by atoms with E-state index < -0.39 is 5.97 Å². The number of aromatic carboxylic acids is 1. The molecule has 1 aromatic heterocycles. The van der Waals surface area contributed by atoms with Gasteiger partial charge < -0.3 is 9.90 Å². The smallest absolute Gasteiger partial charge is 0.354 e. The van der Waals surface area contributed by atoms with Crippen molar-refractivity contribution in [1.29, 1.82) is 0 Å². The maximum atomic E-state index is 10.6. The van der Waals surface area contributed by atoms with Crippen molar-refractivity contribution >= 4 is 12.3 Å². The Balaban J connectivity index is 2.63. The van der Waals surface area contributed by atoms with Gasteiger partial charge in [0.25, 0.3) is 0 Å². The van der Waals surface area contributed by atoms with Gasteiger partial charge in [-0.15, -0.1) is 0 Å². The number of unbranched alkanes of at least 4 members (excludes halogenated alkanes) is 1. The molecule has 4 heteroatoms. The minimum Gasteiger partial charge on any atom is -0.477 e. The number of rotatable bonds is 5. The molecule has 0 saturated heterocycles. The molecule has 0 spiro atoms. The molecule has 0 saturated carbocycles. The van der Waals surface area contributed by atoms with Gasteiger partial charge in [0.2, 0.25) is 0 Å². The average molecular weight is 193 g/mol. The van der Waals surface area contributed by atoms with Gasteiger partial charge in [-0.1, -0.05) is 0 Å². The Labute approximate surface area is 81.6 Å². The maximum Gasteiger partial charge on any atom is 0.354 e. The summed E-state index contributed by atoms with van der Waals surface area (Å²) in [6.07, 6.45) is 4.29. The molecule has 0 aromatic carbocycles. The number of carboxylic acids is 1. The van der Waals surface area contributed by atoms with Gasteiger partial charge >= 0.3 is 5.97 Å². The van der Waals surface area contributed by atoms with Crippen molar-refractivity contribution in [3.05, 3.63) is 29.6 Å². The standard InChI is InChI=1S/C10H11NO3/c12-6-2-1-3-8-4-5-11-9(7-8)10(13)14/h4-7H,1-3H2,(H,13,14). The van der Waals surface area contributed by atoms with E-state index in [1.54, 1.807) is 6.07 Å². The summed E-state index contributed by atoms with van der Waals surface area (Å²) < 4.78 is 0. The Bertz CT molecular complexity index is 336. The van der Waals surface area contributed by atoms with Gasteiger partial charge in [-0.2, -0.15) is 0 Å². The van der Waals surface area contributed by atoms with Crippen LogP contribution in [0.2, 0.25) is 0 Å². The molecule has 4 nitrogen and oxygen atoms in total.